The van der Waals surface area contributed by atoms with Crippen molar-refractivity contribution in [3.63, 3.8) is 0 Å². The lowest BCUT2D eigenvalue weighted by Crippen LogP contribution is -2.33. The number of anilines is 1. The summed E-state index contributed by atoms with van der Waals surface area (Å²) < 4.78 is 0. The first-order valence-electron chi connectivity index (χ1n) is 7.44. The van der Waals surface area contributed by atoms with Crippen LogP contribution in [0.15, 0.2) is 18.2 Å². The van der Waals surface area contributed by atoms with Crippen LogP contribution in [0.25, 0.3) is 0 Å². The van der Waals surface area contributed by atoms with Crippen LogP contribution in [-0.4, -0.2) is 19.1 Å². The molecule has 0 amide bonds. The van der Waals surface area contributed by atoms with E-state index in [0.29, 0.717) is 12.0 Å². The highest BCUT2D eigenvalue weighted by Gasteiger charge is 2.14. The molecule has 2 N–H and O–H groups in total. The van der Waals surface area contributed by atoms with E-state index < -0.39 is 0 Å². The summed E-state index contributed by atoms with van der Waals surface area (Å²) in [6.45, 7) is 11.1. The van der Waals surface area contributed by atoms with E-state index in [-0.39, 0.29) is 6.04 Å². The first kappa shape index (κ1) is 16.0. The van der Waals surface area contributed by atoms with Gasteiger partial charge in [0, 0.05) is 24.8 Å². The minimum Gasteiger partial charge on any atom is -0.372 e. The average molecular weight is 262 g/mol. The normalized spacial score (nSPS) is 14.5. The van der Waals surface area contributed by atoms with Gasteiger partial charge in [0.1, 0.15) is 0 Å². The molecule has 2 unspecified atom stereocenters. The minimum atomic E-state index is 0.275. The Labute approximate surface area is 119 Å². The fourth-order valence-electron chi connectivity index (χ4n) is 2.24. The minimum absolute atomic E-state index is 0.275. The SMILES string of the molecule is CCC(N)Cc1ccc(N(C)C(C)C(C)C)cc1C. The molecule has 0 spiro atoms. The fraction of sp³-hybridized carbons (Fsp3) is 0.647. The lowest BCUT2D eigenvalue weighted by molar-refractivity contribution is 0.505. The van der Waals surface area contributed by atoms with Crippen LogP contribution >= 0.6 is 0 Å². The Hall–Kier alpha value is -1.02. The molecule has 2 atom stereocenters. The Morgan fingerprint density at radius 2 is 1.84 bits per heavy atom. The number of benzene rings is 1. The quantitative estimate of drug-likeness (QED) is 0.846. The molecule has 2 nitrogen and oxygen atoms in total. The maximum absolute atomic E-state index is 6.05. The number of hydrogen-bond donors (Lipinski definition) is 1. The molecule has 0 fully saturated rings. The van der Waals surface area contributed by atoms with Crippen molar-refractivity contribution in [1.82, 2.24) is 0 Å². The monoisotopic (exact) mass is 262 g/mol. The van der Waals surface area contributed by atoms with Gasteiger partial charge in [-0.15, -0.1) is 0 Å². The Morgan fingerprint density at radius 3 is 2.32 bits per heavy atom. The maximum Gasteiger partial charge on any atom is 0.0368 e. The van der Waals surface area contributed by atoms with Gasteiger partial charge in [-0.1, -0.05) is 26.8 Å². The standard InChI is InChI=1S/C17H30N2/c1-7-16(18)11-15-8-9-17(10-13(15)4)19(6)14(5)12(2)3/h8-10,12,14,16H,7,11,18H2,1-6H3. The van der Waals surface area contributed by atoms with Crippen LogP contribution in [0.2, 0.25) is 0 Å². The summed E-state index contributed by atoms with van der Waals surface area (Å²) in [6.07, 6.45) is 2.01. The van der Waals surface area contributed by atoms with Crippen molar-refractivity contribution in [1.29, 1.82) is 0 Å². The molecule has 0 saturated heterocycles. The highest BCUT2D eigenvalue weighted by molar-refractivity contribution is 5.51. The number of aryl methyl sites for hydroxylation is 1. The summed E-state index contributed by atoms with van der Waals surface area (Å²) in [4.78, 5) is 2.36. The van der Waals surface area contributed by atoms with Crippen molar-refractivity contribution in [2.75, 3.05) is 11.9 Å². The summed E-state index contributed by atoms with van der Waals surface area (Å²) >= 11 is 0. The van der Waals surface area contributed by atoms with Gasteiger partial charge in [0.15, 0.2) is 0 Å². The number of nitrogens with two attached hydrogens (primary N) is 1. The van der Waals surface area contributed by atoms with Crippen molar-refractivity contribution < 1.29 is 0 Å². The molecule has 0 radical (unpaired) electrons. The van der Waals surface area contributed by atoms with E-state index in [1.807, 2.05) is 0 Å². The van der Waals surface area contributed by atoms with Crippen molar-refractivity contribution in [2.45, 2.75) is 59.5 Å². The average Bonchev–Trinajstić information content (AvgIpc) is 2.38. The first-order chi connectivity index (χ1) is 8.86. The van der Waals surface area contributed by atoms with Crippen molar-refractivity contribution in [2.24, 2.45) is 11.7 Å². The summed E-state index contributed by atoms with van der Waals surface area (Å²) in [5.74, 6) is 0.651. The molecule has 1 rings (SSSR count). The van der Waals surface area contributed by atoms with Gasteiger partial charge in [0.05, 0.1) is 0 Å². The molecule has 0 saturated carbocycles. The highest BCUT2D eigenvalue weighted by Crippen LogP contribution is 2.23. The second kappa shape index (κ2) is 6.95. The number of hydrogen-bond acceptors (Lipinski definition) is 2. The zero-order valence-corrected chi connectivity index (χ0v) is 13.4. The molecule has 0 aromatic heterocycles. The lowest BCUT2D eigenvalue weighted by Gasteiger charge is -2.30. The highest BCUT2D eigenvalue weighted by atomic mass is 15.1. The topological polar surface area (TPSA) is 29.3 Å². The van der Waals surface area contributed by atoms with Crippen LogP contribution in [0.5, 0.6) is 0 Å². The molecule has 1 aromatic carbocycles. The van der Waals surface area contributed by atoms with Gasteiger partial charge < -0.3 is 10.6 Å². The van der Waals surface area contributed by atoms with Gasteiger partial charge in [-0.3, -0.25) is 0 Å². The maximum atomic E-state index is 6.05. The Bertz CT molecular complexity index is 398. The fourth-order valence-corrected chi connectivity index (χ4v) is 2.24. The van der Waals surface area contributed by atoms with Crippen LogP contribution in [0.4, 0.5) is 5.69 Å². The van der Waals surface area contributed by atoms with Gasteiger partial charge in [-0.2, -0.15) is 0 Å². The van der Waals surface area contributed by atoms with E-state index in [1.54, 1.807) is 0 Å². The molecule has 2 heteroatoms. The third kappa shape index (κ3) is 4.24. The largest absolute Gasteiger partial charge is 0.372 e. The van der Waals surface area contributed by atoms with Crippen molar-refractivity contribution >= 4 is 5.69 Å². The van der Waals surface area contributed by atoms with Crippen LogP contribution in [0, 0.1) is 12.8 Å². The molecule has 0 aliphatic rings. The molecule has 0 heterocycles. The summed E-state index contributed by atoms with van der Waals surface area (Å²) in [5, 5.41) is 0. The van der Waals surface area contributed by atoms with Gasteiger partial charge >= 0.3 is 0 Å². The summed E-state index contributed by atoms with van der Waals surface area (Å²) in [6, 6.07) is 7.57. The van der Waals surface area contributed by atoms with E-state index in [0.717, 1.165) is 12.8 Å². The Morgan fingerprint density at radius 1 is 1.21 bits per heavy atom. The third-order valence-electron chi connectivity index (χ3n) is 4.32. The van der Waals surface area contributed by atoms with E-state index in [9.17, 15) is 0 Å². The number of nitrogens with zero attached hydrogens (tertiary/aromatic N) is 1. The first-order valence-corrected chi connectivity index (χ1v) is 7.44. The molecule has 0 aliphatic carbocycles. The van der Waals surface area contributed by atoms with Gasteiger partial charge in [0.2, 0.25) is 0 Å². The van der Waals surface area contributed by atoms with Gasteiger partial charge in [0.25, 0.3) is 0 Å². The number of rotatable bonds is 6. The second-order valence-corrected chi connectivity index (χ2v) is 6.08. The van der Waals surface area contributed by atoms with E-state index in [2.05, 4.69) is 64.8 Å². The molecule has 0 aliphatic heterocycles. The van der Waals surface area contributed by atoms with E-state index >= 15 is 0 Å². The molecule has 0 bridgehead atoms. The molecular formula is C17H30N2. The third-order valence-corrected chi connectivity index (χ3v) is 4.32. The second-order valence-electron chi connectivity index (χ2n) is 6.08. The van der Waals surface area contributed by atoms with Crippen LogP contribution in [0.1, 0.15) is 45.2 Å². The molecular weight excluding hydrogens is 232 g/mol. The van der Waals surface area contributed by atoms with Crippen molar-refractivity contribution in [3.05, 3.63) is 29.3 Å². The smallest absolute Gasteiger partial charge is 0.0368 e. The summed E-state index contributed by atoms with van der Waals surface area (Å²) in [5.41, 5.74) is 10.1. The van der Waals surface area contributed by atoms with Crippen molar-refractivity contribution in [3.8, 4) is 0 Å². The van der Waals surface area contributed by atoms with Gasteiger partial charge in [-0.25, -0.2) is 0 Å². The predicted octanol–water partition coefficient (Wildman–Crippen LogP) is 3.76. The zero-order valence-electron chi connectivity index (χ0n) is 13.4. The van der Waals surface area contributed by atoms with Gasteiger partial charge in [-0.05, 0) is 55.9 Å². The van der Waals surface area contributed by atoms with Crippen LogP contribution < -0.4 is 10.6 Å². The lowest BCUT2D eigenvalue weighted by atomic mass is 9.98. The Kier molecular flexibility index (Phi) is 5.86. The van der Waals surface area contributed by atoms with E-state index in [1.165, 1.54) is 16.8 Å². The van der Waals surface area contributed by atoms with Crippen LogP contribution in [-0.2, 0) is 6.42 Å². The zero-order chi connectivity index (χ0) is 14.6. The molecule has 108 valence electrons. The Balaban J connectivity index is 2.87. The predicted molar refractivity (Wildman–Crippen MR) is 85.9 cm³/mol. The summed E-state index contributed by atoms with van der Waals surface area (Å²) in [7, 11) is 2.18. The van der Waals surface area contributed by atoms with Crippen LogP contribution in [0.3, 0.4) is 0 Å². The van der Waals surface area contributed by atoms with E-state index in [4.69, 9.17) is 5.73 Å². The molecule has 1 aromatic rings. The molecule has 19 heavy (non-hydrogen) atoms.